The second-order valence-electron chi connectivity index (χ2n) is 8.10. The van der Waals surface area contributed by atoms with Crippen molar-refractivity contribution >= 4 is 17.4 Å². The van der Waals surface area contributed by atoms with Gasteiger partial charge in [-0.05, 0) is 44.5 Å². The molecule has 0 atom stereocenters. The minimum atomic E-state index is -0.563. The van der Waals surface area contributed by atoms with Crippen LogP contribution < -0.4 is 10.6 Å². The standard InChI is InChI=1S/C26H28N4O/c1-20-12-13-23(28-18-20)30-25(31)26(14-16-27-17-15-26)19-29-24(21-8-4-2-5-9-21)22-10-6-3-7-11-22/h2-13,18,27H,14-17,19H2,1H3,(H,28,30,31). The topological polar surface area (TPSA) is 66.4 Å². The maximum atomic E-state index is 13.4. The molecule has 0 radical (unpaired) electrons. The molecule has 1 aromatic heterocycles. The Morgan fingerprint density at radius 3 is 2.13 bits per heavy atom. The molecular formula is C26H28N4O. The van der Waals surface area contributed by atoms with E-state index in [0.29, 0.717) is 12.4 Å². The molecule has 2 aromatic carbocycles. The fourth-order valence-electron chi connectivity index (χ4n) is 3.92. The molecule has 1 amide bonds. The van der Waals surface area contributed by atoms with E-state index in [1.165, 1.54) is 0 Å². The maximum absolute atomic E-state index is 13.4. The lowest BCUT2D eigenvalue weighted by Crippen LogP contribution is -2.47. The van der Waals surface area contributed by atoms with Crippen LogP contribution >= 0.6 is 0 Å². The van der Waals surface area contributed by atoms with Crippen molar-refractivity contribution < 1.29 is 4.79 Å². The third-order valence-corrected chi connectivity index (χ3v) is 5.83. The summed E-state index contributed by atoms with van der Waals surface area (Å²) in [6.45, 7) is 4.02. The number of pyridine rings is 1. The first-order chi connectivity index (χ1) is 15.2. The highest BCUT2D eigenvalue weighted by atomic mass is 16.2. The van der Waals surface area contributed by atoms with Crippen LogP contribution in [0.3, 0.4) is 0 Å². The lowest BCUT2D eigenvalue weighted by Gasteiger charge is -2.35. The Balaban J connectivity index is 1.64. The van der Waals surface area contributed by atoms with E-state index >= 15 is 0 Å². The highest BCUT2D eigenvalue weighted by Crippen LogP contribution is 2.31. The van der Waals surface area contributed by atoms with Crippen LogP contribution in [0.2, 0.25) is 0 Å². The van der Waals surface area contributed by atoms with Crippen LogP contribution in [0.25, 0.3) is 0 Å². The summed E-state index contributed by atoms with van der Waals surface area (Å²) in [5, 5.41) is 6.41. The first-order valence-electron chi connectivity index (χ1n) is 10.8. The number of hydrogen-bond donors (Lipinski definition) is 2. The van der Waals surface area contributed by atoms with Crippen LogP contribution in [0.4, 0.5) is 5.82 Å². The van der Waals surface area contributed by atoms with E-state index in [1.54, 1.807) is 6.20 Å². The summed E-state index contributed by atoms with van der Waals surface area (Å²) in [6, 6.07) is 24.2. The van der Waals surface area contributed by atoms with Crippen molar-refractivity contribution in [3.05, 3.63) is 95.7 Å². The van der Waals surface area contributed by atoms with Crippen LogP contribution in [-0.4, -0.2) is 36.2 Å². The number of nitrogens with zero attached hydrogens (tertiary/aromatic N) is 2. The number of hydrogen-bond acceptors (Lipinski definition) is 4. The molecule has 0 saturated carbocycles. The number of piperidine rings is 1. The van der Waals surface area contributed by atoms with Gasteiger partial charge in [0.05, 0.1) is 17.7 Å². The number of carbonyl (C=O) groups excluding carboxylic acids is 1. The van der Waals surface area contributed by atoms with E-state index in [4.69, 9.17) is 4.99 Å². The zero-order valence-electron chi connectivity index (χ0n) is 17.8. The van der Waals surface area contributed by atoms with Crippen molar-refractivity contribution in [2.24, 2.45) is 10.4 Å². The van der Waals surface area contributed by atoms with Gasteiger partial charge in [0.25, 0.3) is 0 Å². The minimum absolute atomic E-state index is 0.00502. The van der Waals surface area contributed by atoms with E-state index in [2.05, 4.69) is 39.9 Å². The molecule has 5 heteroatoms. The Kier molecular flexibility index (Phi) is 6.53. The summed E-state index contributed by atoms with van der Waals surface area (Å²) in [4.78, 5) is 22.8. The van der Waals surface area contributed by atoms with Gasteiger partial charge in [-0.25, -0.2) is 4.98 Å². The number of amides is 1. The van der Waals surface area contributed by atoms with Crippen LogP contribution in [0, 0.1) is 12.3 Å². The van der Waals surface area contributed by atoms with Crippen molar-refractivity contribution in [3.8, 4) is 0 Å². The van der Waals surface area contributed by atoms with Crippen molar-refractivity contribution in [2.75, 3.05) is 25.0 Å². The van der Waals surface area contributed by atoms with Gasteiger partial charge in [-0.3, -0.25) is 9.79 Å². The van der Waals surface area contributed by atoms with Gasteiger partial charge >= 0.3 is 0 Å². The Hall–Kier alpha value is -3.31. The molecule has 31 heavy (non-hydrogen) atoms. The SMILES string of the molecule is Cc1ccc(NC(=O)C2(CN=C(c3ccccc3)c3ccccc3)CCNCC2)nc1. The van der Waals surface area contributed by atoms with Crippen LogP contribution in [0.5, 0.6) is 0 Å². The Morgan fingerprint density at radius 1 is 0.968 bits per heavy atom. The summed E-state index contributed by atoms with van der Waals surface area (Å²) in [5.74, 6) is 0.582. The van der Waals surface area contributed by atoms with Crippen molar-refractivity contribution in [1.82, 2.24) is 10.3 Å². The van der Waals surface area contributed by atoms with Gasteiger partial charge in [0.15, 0.2) is 0 Å². The lowest BCUT2D eigenvalue weighted by atomic mass is 9.78. The fourth-order valence-corrected chi connectivity index (χ4v) is 3.92. The Morgan fingerprint density at radius 2 is 1.58 bits per heavy atom. The number of rotatable bonds is 6. The molecule has 1 aliphatic rings. The van der Waals surface area contributed by atoms with Gasteiger partial charge in [0.2, 0.25) is 5.91 Å². The van der Waals surface area contributed by atoms with Crippen LogP contribution in [-0.2, 0) is 4.79 Å². The Bertz CT molecular complexity index is 983. The average molecular weight is 413 g/mol. The van der Waals surface area contributed by atoms with Gasteiger partial charge in [0, 0.05) is 17.3 Å². The summed E-state index contributed by atoms with van der Waals surface area (Å²) >= 11 is 0. The molecule has 1 fully saturated rings. The van der Waals surface area contributed by atoms with Gasteiger partial charge in [-0.2, -0.15) is 0 Å². The molecule has 0 bridgehead atoms. The molecule has 1 aliphatic heterocycles. The summed E-state index contributed by atoms with van der Waals surface area (Å²) in [7, 11) is 0. The Labute approximate surface area is 183 Å². The van der Waals surface area contributed by atoms with E-state index in [9.17, 15) is 4.79 Å². The number of nitrogens with one attached hydrogen (secondary N) is 2. The molecule has 3 aromatic rings. The molecule has 4 rings (SSSR count). The highest BCUT2D eigenvalue weighted by molar-refractivity contribution is 6.13. The normalized spacial score (nSPS) is 15.1. The van der Waals surface area contributed by atoms with Gasteiger partial charge in [0.1, 0.15) is 5.82 Å². The zero-order chi connectivity index (χ0) is 21.5. The van der Waals surface area contributed by atoms with Gasteiger partial charge < -0.3 is 10.6 Å². The molecule has 5 nitrogen and oxygen atoms in total. The summed E-state index contributed by atoms with van der Waals surface area (Å²) < 4.78 is 0. The average Bonchev–Trinajstić information content (AvgIpc) is 2.83. The second-order valence-corrected chi connectivity index (χ2v) is 8.10. The lowest BCUT2D eigenvalue weighted by molar-refractivity contribution is -0.126. The molecule has 158 valence electrons. The molecule has 2 N–H and O–H groups in total. The third-order valence-electron chi connectivity index (χ3n) is 5.83. The highest BCUT2D eigenvalue weighted by Gasteiger charge is 2.39. The number of benzene rings is 2. The predicted molar refractivity (Wildman–Crippen MR) is 126 cm³/mol. The fraction of sp³-hybridized carbons (Fsp3) is 0.269. The van der Waals surface area contributed by atoms with E-state index in [1.807, 2.05) is 55.5 Å². The first-order valence-corrected chi connectivity index (χ1v) is 10.8. The molecule has 0 aliphatic carbocycles. The van der Waals surface area contributed by atoms with Crippen molar-refractivity contribution in [3.63, 3.8) is 0 Å². The van der Waals surface area contributed by atoms with Crippen LogP contribution in [0.1, 0.15) is 29.5 Å². The van der Waals surface area contributed by atoms with Crippen LogP contribution in [0.15, 0.2) is 84.0 Å². The maximum Gasteiger partial charge on any atom is 0.233 e. The van der Waals surface area contributed by atoms with E-state index in [-0.39, 0.29) is 5.91 Å². The van der Waals surface area contributed by atoms with Gasteiger partial charge in [-0.1, -0.05) is 66.7 Å². The molecule has 2 heterocycles. The number of aromatic nitrogens is 1. The van der Waals surface area contributed by atoms with Crippen molar-refractivity contribution in [1.29, 1.82) is 0 Å². The number of carbonyl (C=O) groups is 1. The van der Waals surface area contributed by atoms with Gasteiger partial charge in [-0.15, -0.1) is 0 Å². The second kappa shape index (κ2) is 9.67. The monoisotopic (exact) mass is 412 g/mol. The largest absolute Gasteiger partial charge is 0.317 e. The number of aliphatic imine (C=N–C) groups is 1. The molecular weight excluding hydrogens is 384 g/mol. The van der Waals surface area contributed by atoms with Crippen molar-refractivity contribution in [2.45, 2.75) is 19.8 Å². The quantitative estimate of drug-likeness (QED) is 0.595. The number of aryl methyl sites for hydroxylation is 1. The third kappa shape index (κ3) is 5.06. The molecule has 1 saturated heterocycles. The van der Waals surface area contributed by atoms with E-state index < -0.39 is 5.41 Å². The smallest absolute Gasteiger partial charge is 0.233 e. The van der Waals surface area contributed by atoms with E-state index in [0.717, 1.165) is 48.3 Å². The molecule has 0 spiro atoms. The zero-order valence-corrected chi connectivity index (χ0v) is 17.8. The predicted octanol–water partition coefficient (Wildman–Crippen LogP) is 4.24. The minimum Gasteiger partial charge on any atom is -0.317 e. The first kappa shape index (κ1) is 20.9. The summed E-state index contributed by atoms with van der Waals surface area (Å²) in [6.07, 6.45) is 3.25. The molecule has 0 unspecified atom stereocenters. The number of anilines is 1. The summed E-state index contributed by atoms with van der Waals surface area (Å²) in [5.41, 5.74) is 3.53.